The van der Waals surface area contributed by atoms with E-state index >= 15 is 0 Å². The van der Waals surface area contributed by atoms with E-state index in [1.165, 1.54) is 11.3 Å². The van der Waals surface area contributed by atoms with Gasteiger partial charge >= 0.3 is 0 Å². The largest absolute Gasteiger partial charge is 0.388 e. The molecule has 0 unspecified atom stereocenters. The van der Waals surface area contributed by atoms with Crippen LogP contribution in [0.5, 0.6) is 0 Å². The Morgan fingerprint density at radius 2 is 2.30 bits per heavy atom. The molecule has 0 aliphatic rings. The summed E-state index contributed by atoms with van der Waals surface area (Å²) in [7, 11) is 0. The predicted octanol–water partition coefficient (Wildman–Crippen LogP) is 0.560. The molecule has 4 N–H and O–H groups in total. The second-order valence-electron chi connectivity index (χ2n) is 1.95. The van der Waals surface area contributed by atoms with Crippen molar-refractivity contribution in [1.82, 2.24) is 9.38 Å². The first kappa shape index (κ1) is 5.55. The fraction of sp³-hybridized carbons (Fsp3) is 0. The van der Waals surface area contributed by atoms with E-state index < -0.39 is 0 Å². The third kappa shape index (κ3) is 0.522. The van der Waals surface area contributed by atoms with E-state index in [0.717, 1.165) is 4.83 Å². The molecule has 2 aromatic rings. The molecule has 0 saturated carbocycles. The minimum absolute atomic E-state index is 0.581. The van der Waals surface area contributed by atoms with Crippen LogP contribution in [0.15, 0.2) is 12.5 Å². The number of imidazole rings is 1. The number of hydrogen-bond acceptors (Lipinski definition) is 4. The number of rotatable bonds is 0. The summed E-state index contributed by atoms with van der Waals surface area (Å²) in [6.07, 6.45) is 3.38. The van der Waals surface area contributed by atoms with Gasteiger partial charge < -0.3 is 11.5 Å². The summed E-state index contributed by atoms with van der Waals surface area (Å²) in [5, 5.41) is 0.650. The van der Waals surface area contributed by atoms with Crippen LogP contribution in [-0.4, -0.2) is 9.38 Å². The zero-order chi connectivity index (χ0) is 7.14. The highest BCUT2D eigenvalue weighted by atomic mass is 32.1. The van der Waals surface area contributed by atoms with Gasteiger partial charge in [-0.2, -0.15) is 0 Å². The van der Waals surface area contributed by atoms with Gasteiger partial charge in [0.15, 0.2) is 0 Å². The smallest absolute Gasteiger partial charge is 0.144 e. The number of aromatic nitrogens is 2. The molecule has 0 radical (unpaired) electrons. The molecule has 0 aliphatic carbocycles. The molecule has 4 nitrogen and oxygen atoms in total. The van der Waals surface area contributed by atoms with Crippen molar-refractivity contribution >= 4 is 27.0 Å². The second kappa shape index (κ2) is 1.63. The lowest BCUT2D eigenvalue weighted by Crippen LogP contribution is -1.93. The van der Waals surface area contributed by atoms with Gasteiger partial charge in [0.1, 0.15) is 22.0 Å². The van der Waals surface area contributed by atoms with Crippen molar-refractivity contribution < 1.29 is 0 Å². The van der Waals surface area contributed by atoms with Crippen LogP contribution in [0.1, 0.15) is 0 Å². The zero-order valence-electron chi connectivity index (χ0n) is 5.11. The van der Waals surface area contributed by atoms with E-state index in [1.54, 1.807) is 16.9 Å². The van der Waals surface area contributed by atoms with Gasteiger partial charge in [-0.1, -0.05) is 11.3 Å². The number of hydrogen-bond donors (Lipinski definition) is 2. The van der Waals surface area contributed by atoms with Crippen molar-refractivity contribution in [2.75, 3.05) is 11.5 Å². The number of anilines is 2. The maximum absolute atomic E-state index is 5.59. The fourth-order valence-electron chi connectivity index (χ4n) is 0.823. The minimum Gasteiger partial charge on any atom is -0.388 e. The van der Waals surface area contributed by atoms with E-state index in [4.69, 9.17) is 11.5 Å². The second-order valence-corrected chi connectivity index (χ2v) is 3.02. The lowest BCUT2D eigenvalue weighted by Gasteiger charge is -1.87. The summed E-state index contributed by atoms with van der Waals surface area (Å²) in [6, 6.07) is 0. The molecule has 0 aromatic carbocycles. The van der Waals surface area contributed by atoms with Crippen LogP contribution in [0.2, 0.25) is 0 Å². The number of fused-ring (bicyclic) bond motifs is 1. The van der Waals surface area contributed by atoms with Gasteiger partial charge in [0.2, 0.25) is 0 Å². The van der Waals surface area contributed by atoms with Gasteiger partial charge in [-0.25, -0.2) is 4.98 Å². The predicted molar refractivity (Wildman–Crippen MR) is 41.9 cm³/mol. The topological polar surface area (TPSA) is 69.3 Å². The number of thiazole rings is 1. The molecule has 0 amide bonds. The molecule has 2 aromatic heterocycles. The van der Waals surface area contributed by atoms with E-state index in [1.807, 2.05) is 0 Å². The summed E-state index contributed by atoms with van der Waals surface area (Å²) in [5.74, 6) is 0.581. The van der Waals surface area contributed by atoms with E-state index in [9.17, 15) is 0 Å². The normalized spacial score (nSPS) is 10.8. The molecule has 0 spiro atoms. The summed E-state index contributed by atoms with van der Waals surface area (Å²) in [4.78, 5) is 4.88. The van der Waals surface area contributed by atoms with Crippen LogP contribution >= 0.6 is 11.3 Å². The van der Waals surface area contributed by atoms with Crippen molar-refractivity contribution in [1.29, 1.82) is 0 Å². The summed E-state index contributed by atoms with van der Waals surface area (Å²) in [6.45, 7) is 0. The Labute approximate surface area is 61.1 Å². The van der Waals surface area contributed by atoms with Crippen molar-refractivity contribution in [2.24, 2.45) is 0 Å². The molecule has 0 aliphatic heterocycles. The van der Waals surface area contributed by atoms with Crippen LogP contribution in [0, 0.1) is 0 Å². The zero-order valence-corrected chi connectivity index (χ0v) is 5.93. The minimum atomic E-state index is 0.581. The fourth-order valence-corrected chi connectivity index (χ4v) is 1.61. The molecule has 5 heteroatoms. The average molecular weight is 154 g/mol. The third-order valence-electron chi connectivity index (χ3n) is 1.33. The quantitative estimate of drug-likeness (QED) is 0.582. The van der Waals surface area contributed by atoms with Crippen molar-refractivity contribution in [3.63, 3.8) is 0 Å². The Balaban J connectivity index is 2.95. The maximum atomic E-state index is 5.59. The molecular formula is C5H6N4S. The summed E-state index contributed by atoms with van der Waals surface area (Å²) in [5.41, 5.74) is 11.1. The van der Waals surface area contributed by atoms with Gasteiger partial charge in [-0.05, 0) is 0 Å². The molecule has 0 atom stereocenters. The van der Waals surface area contributed by atoms with E-state index in [0.29, 0.717) is 10.8 Å². The Kier molecular flexibility index (Phi) is 0.906. The average Bonchev–Trinajstić information content (AvgIpc) is 2.41. The molecule has 10 heavy (non-hydrogen) atoms. The molecular weight excluding hydrogens is 148 g/mol. The first-order valence-electron chi connectivity index (χ1n) is 2.75. The van der Waals surface area contributed by atoms with Crippen molar-refractivity contribution in [2.45, 2.75) is 0 Å². The molecule has 2 heterocycles. The van der Waals surface area contributed by atoms with Gasteiger partial charge in [0, 0.05) is 0 Å². The van der Waals surface area contributed by atoms with Gasteiger partial charge in [0.05, 0.1) is 6.20 Å². The Morgan fingerprint density at radius 1 is 1.50 bits per heavy atom. The first-order valence-corrected chi connectivity index (χ1v) is 3.56. The highest BCUT2D eigenvalue weighted by Gasteiger charge is 2.03. The Hall–Kier alpha value is -1.23. The van der Waals surface area contributed by atoms with Crippen LogP contribution in [0.3, 0.4) is 0 Å². The van der Waals surface area contributed by atoms with Crippen LogP contribution in [-0.2, 0) is 0 Å². The summed E-state index contributed by atoms with van der Waals surface area (Å²) >= 11 is 1.44. The standard InChI is InChI=1S/C5H6N4S/c6-4-5(7)10-3-1-8-2-9(3)4/h1-2H,6-7H2. The van der Waals surface area contributed by atoms with Crippen LogP contribution < -0.4 is 11.5 Å². The monoisotopic (exact) mass is 154 g/mol. The van der Waals surface area contributed by atoms with Crippen LogP contribution in [0.25, 0.3) is 4.83 Å². The Morgan fingerprint density at radius 3 is 3.00 bits per heavy atom. The van der Waals surface area contributed by atoms with Gasteiger partial charge in [0.25, 0.3) is 0 Å². The van der Waals surface area contributed by atoms with Crippen LogP contribution in [0.4, 0.5) is 10.8 Å². The molecule has 2 rings (SSSR count). The summed E-state index contributed by atoms with van der Waals surface area (Å²) < 4.78 is 1.76. The number of nitrogen functional groups attached to an aromatic ring is 2. The molecule has 52 valence electrons. The lowest BCUT2D eigenvalue weighted by molar-refractivity contribution is 1.19. The van der Waals surface area contributed by atoms with Crippen molar-refractivity contribution in [3.05, 3.63) is 12.5 Å². The Bertz CT molecular complexity index is 360. The highest BCUT2D eigenvalue weighted by molar-refractivity contribution is 7.21. The van der Waals surface area contributed by atoms with Crippen molar-refractivity contribution in [3.8, 4) is 0 Å². The molecule has 0 saturated heterocycles. The van der Waals surface area contributed by atoms with Gasteiger partial charge in [-0.3, -0.25) is 4.40 Å². The SMILES string of the molecule is Nc1sc2cncn2c1N. The third-order valence-corrected chi connectivity index (χ3v) is 2.27. The lowest BCUT2D eigenvalue weighted by atomic mass is 10.7. The van der Waals surface area contributed by atoms with E-state index in [-0.39, 0.29) is 0 Å². The number of nitrogens with two attached hydrogens (primary N) is 2. The molecule has 0 bridgehead atoms. The maximum Gasteiger partial charge on any atom is 0.144 e. The van der Waals surface area contributed by atoms with E-state index in [2.05, 4.69) is 4.98 Å². The highest BCUT2D eigenvalue weighted by Crippen LogP contribution is 2.26. The number of nitrogens with zero attached hydrogens (tertiary/aromatic N) is 2. The first-order chi connectivity index (χ1) is 4.79. The molecule has 0 fully saturated rings. The van der Waals surface area contributed by atoms with Gasteiger partial charge in [-0.15, -0.1) is 0 Å².